The predicted molar refractivity (Wildman–Crippen MR) is 112 cm³/mol. The van der Waals surface area contributed by atoms with Gasteiger partial charge >= 0.3 is 0 Å². The van der Waals surface area contributed by atoms with Gasteiger partial charge in [0.2, 0.25) is 0 Å². The Kier molecular flexibility index (Phi) is 15.3. The zero-order chi connectivity index (χ0) is 20.5. The Balaban J connectivity index is 0.000000356. The van der Waals surface area contributed by atoms with Crippen LogP contribution in [0.25, 0.3) is 0 Å². The van der Waals surface area contributed by atoms with Crippen molar-refractivity contribution in [3.63, 3.8) is 0 Å². The Morgan fingerprint density at radius 2 is 0.414 bits per heavy atom. The fourth-order valence-corrected chi connectivity index (χ4v) is 1.71. The molecule has 29 heavy (non-hydrogen) atoms. The van der Waals surface area contributed by atoms with E-state index < -0.39 is 0 Å². The molecule has 0 aromatic heterocycles. The number of rotatable bonds is 0. The van der Waals surface area contributed by atoms with Gasteiger partial charge in [0.1, 0.15) is 23.0 Å². The molecule has 148 valence electrons. The van der Waals surface area contributed by atoms with Crippen molar-refractivity contribution in [1.29, 1.82) is 0 Å². The molecule has 0 spiro atoms. The summed E-state index contributed by atoms with van der Waals surface area (Å²) in [5, 5.41) is 34.5. The molecule has 0 aliphatic rings. The quantitative estimate of drug-likeness (QED) is 0.214. The van der Waals surface area contributed by atoms with E-state index in [1.807, 2.05) is 24.3 Å². The van der Waals surface area contributed by atoms with Crippen molar-refractivity contribution in [3.8, 4) is 23.0 Å². The van der Waals surface area contributed by atoms with Crippen LogP contribution in [-0.4, -0.2) is 20.4 Å². The molecule has 0 atom stereocenters. The molecule has 0 unspecified atom stereocenters. The van der Waals surface area contributed by atoms with Crippen molar-refractivity contribution in [2.75, 3.05) is 0 Å². The van der Waals surface area contributed by atoms with Crippen LogP contribution in [0.4, 0.5) is 0 Å². The summed E-state index contributed by atoms with van der Waals surface area (Å²) < 4.78 is 0. The molecule has 4 aromatic carbocycles. The van der Waals surface area contributed by atoms with Crippen molar-refractivity contribution in [1.82, 2.24) is 0 Å². The second-order valence-corrected chi connectivity index (χ2v) is 5.34. The zero-order valence-electron chi connectivity index (χ0n) is 15.8. The van der Waals surface area contributed by atoms with Crippen LogP contribution in [0.2, 0.25) is 0 Å². The number of phenols is 4. The van der Waals surface area contributed by atoms with E-state index in [-0.39, 0.29) is 25.8 Å². The second-order valence-electron chi connectivity index (χ2n) is 5.34. The first kappa shape index (κ1) is 26.0. The summed E-state index contributed by atoms with van der Waals surface area (Å²) in [5.74, 6) is 1.29. The third-order valence-electron chi connectivity index (χ3n) is 3.02. The Bertz CT molecular complexity index is 693. The fraction of sp³-hybridized carbons (Fsp3) is 0. The van der Waals surface area contributed by atoms with E-state index in [2.05, 4.69) is 0 Å². The van der Waals surface area contributed by atoms with Gasteiger partial charge in [0.05, 0.1) is 0 Å². The first-order valence-electron chi connectivity index (χ1n) is 8.54. The van der Waals surface area contributed by atoms with Crippen LogP contribution in [-0.2, 0) is 25.8 Å². The maximum atomic E-state index is 8.63. The van der Waals surface area contributed by atoms with Gasteiger partial charge in [0, 0.05) is 25.8 Å². The maximum absolute atomic E-state index is 8.63. The van der Waals surface area contributed by atoms with Crippen LogP contribution >= 0.6 is 0 Å². The molecule has 0 aliphatic carbocycles. The molecule has 4 N–H and O–H groups in total. The van der Waals surface area contributed by atoms with Gasteiger partial charge in [-0.3, -0.25) is 0 Å². The molecule has 0 saturated heterocycles. The second kappa shape index (κ2) is 17.1. The first-order chi connectivity index (χ1) is 13.6. The minimum atomic E-state index is 0. The van der Waals surface area contributed by atoms with Gasteiger partial charge in [-0.05, 0) is 48.5 Å². The molecule has 4 aromatic rings. The van der Waals surface area contributed by atoms with Gasteiger partial charge in [0.25, 0.3) is 0 Å². The topological polar surface area (TPSA) is 80.9 Å². The third-order valence-corrected chi connectivity index (χ3v) is 3.02. The molecule has 5 heteroatoms. The van der Waals surface area contributed by atoms with Crippen LogP contribution in [0, 0.1) is 0 Å². The summed E-state index contributed by atoms with van der Waals surface area (Å²) in [6, 6.07) is 34.9. The summed E-state index contributed by atoms with van der Waals surface area (Å²) in [4.78, 5) is 0. The van der Waals surface area contributed by atoms with Crippen LogP contribution in [0.5, 0.6) is 23.0 Å². The Morgan fingerprint density at radius 1 is 0.276 bits per heavy atom. The SMILES string of the molecule is Oc1ccccc1.Oc1ccccc1.Oc1ccccc1.Oc1ccccc1.[Hf]. The Labute approximate surface area is 190 Å². The summed E-state index contributed by atoms with van der Waals surface area (Å²) in [5.41, 5.74) is 0. The summed E-state index contributed by atoms with van der Waals surface area (Å²) in [6.07, 6.45) is 0. The molecule has 0 fully saturated rings. The van der Waals surface area contributed by atoms with E-state index in [0.717, 1.165) is 0 Å². The first-order valence-corrected chi connectivity index (χ1v) is 8.54. The molecule has 0 saturated carbocycles. The maximum Gasteiger partial charge on any atom is 0.115 e. The Morgan fingerprint density at radius 3 is 0.483 bits per heavy atom. The zero-order valence-corrected chi connectivity index (χ0v) is 19.4. The number of benzene rings is 4. The normalized spacial score (nSPS) is 8.28. The van der Waals surface area contributed by atoms with E-state index in [1.54, 1.807) is 97.1 Å². The van der Waals surface area contributed by atoms with Crippen molar-refractivity contribution in [2.45, 2.75) is 0 Å². The van der Waals surface area contributed by atoms with E-state index in [4.69, 9.17) is 20.4 Å². The standard InChI is InChI=1S/4C6H6O.Hf/c4*7-6-4-2-1-3-5-6;/h4*1-5,7H;. The Hall–Kier alpha value is -3.05. The molecule has 4 nitrogen and oxygen atoms in total. The van der Waals surface area contributed by atoms with Gasteiger partial charge in [0.15, 0.2) is 0 Å². The molecule has 0 amide bonds. The largest absolute Gasteiger partial charge is 0.508 e. The van der Waals surface area contributed by atoms with E-state index in [1.165, 1.54) is 0 Å². The molecule has 0 bridgehead atoms. The van der Waals surface area contributed by atoms with Gasteiger partial charge in [-0.1, -0.05) is 72.8 Å². The molecule has 4 rings (SSSR count). The van der Waals surface area contributed by atoms with E-state index in [9.17, 15) is 0 Å². The molecular formula is C24H24HfO4. The minimum Gasteiger partial charge on any atom is -0.508 e. The number of para-hydroxylation sites is 4. The van der Waals surface area contributed by atoms with Crippen molar-refractivity contribution < 1.29 is 46.3 Å². The smallest absolute Gasteiger partial charge is 0.115 e. The average molecular weight is 555 g/mol. The van der Waals surface area contributed by atoms with Crippen molar-refractivity contribution >= 4 is 0 Å². The van der Waals surface area contributed by atoms with Crippen molar-refractivity contribution in [3.05, 3.63) is 121 Å². The van der Waals surface area contributed by atoms with Crippen molar-refractivity contribution in [2.24, 2.45) is 0 Å². The third kappa shape index (κ3) is 15.7. The van der Waals surface area contributed by atoms with E-state index >= 15 is 0 Å². The van der Waals surface area contributed by atoms with E-state index in [0.29, 0.717) is 23.0 Å². The number of aromatic hydroxyl groups is 4. The van der Waals surface area contributed by atoms with Crippen LogP contribution < -0.4 is 0 Å². The summed E-state index contributed by atoms with van der Waals surface area (Å²) >= 11 is 0. The number of hydrogen-bond donors (Lipinski definition) is 4. The van der Waals surface area contributed by atoms with Gasteiger partial charge in [-0.25, -0.2) is 0 Å². The minimum absolute atomic E-state index is 0. The molecule has 0 radical (unpaired) electrons. The number of hydrogen-bond acceptors (Lipinski definition) is 4. The van der Waals surface area contributed by atoms with Gasteiger partial charge in [-0.15, -0.1) is 0 Å². The average Bonchev–Trinajstić information content (AvgIpc) is 2.72. The molecule has 0 heterocycles. The monoisotopic (exact) mass is 556 g/mol. The van der Waals surface area contributed by atoms with Crippen LogP contribution in [0.15, 0.2) is 121 Å². The van der Waals surface area contributed by atoms with Crippen LogP contribution in [0.3, 0.4) is 0 Å². The molecule has 0 aliphatic heterocycles. The van der Waals surface area contributed by atoms with Gasteiger partial charge < -0.3 is 20.4 Å². The number of phenolic OH excluding ortho intramolecular Hbond substituents is 4. The predicted octanol–water partition coefficient (Wildman–Crippen LogP) is 5.57. The van der Waals surface area contributed by atoms with Crippen LogP contribution in [0.1, 0.15) is 0 Å². The molecular weight excluding hydrogens is 531 g/mol. The summed E-state index contributed by atoms with van der Waals surface area (Å²) in [7, 11) is 0. The summed E-state index contributed by atoms with van der Waals surface area (Å²) in [6.45, 7) is 0. The van der Waals surface area contributed by atoms with Gasteiger partial charge in [-0.2, -0.15) is 0 Å². The fourth-order valence-electron chi connectivity index (χ4n) is 1.71.